The maximum atomic E-state index is 14.0. The van der Waals surface area contributed by atoms with Crippen LogP contribution in [0.1, 0.15) is 45.2 Å². The van der Waals surface area contributed by atoms with Crippen molar-refractivity contribution in [2.75, 3.05) is 14.1 Å². The fourth-order valence-corrected chi connectivity index (χ4v) is 3.19. The summed E-state index contributed by atoms with van der Waals surface area (Å²) in [6, 6.07) is 4.70. The molecule has 0 bridgehead atoms. The first-order valence-electron chi connectivity index (χ1n) is 10.6. The van der Waals surface area contributed by atoms with Crippen LogP contribution in [-0.2, 0) is 4.79 Å². The molecular formula is C26H35FN4O. The van der Waals surface area contributed by atoms with Gasteiger partial charge in [0.2, 0.25) is 0 Å². The van der Waals surface area contributed by atoms with Crippen molar-refractivity contribution in [3.63, 3.8) is 0 Å². The van der Waals surface area contributed by atoms with Crippen molar-refractivity contribution in [3.8, 4) is 0 Å². The Morgan fingerprint density at radius 3 is 2.41 bits per heavy atom. The molecule has 0 atom stereocenters. The molecule has 4 N–H and O–H groups in total. The van der Waals surface area contributed by atoms with Gasteiger partial charge in [-0.1, -0.05) is 25.1 Å². The lowest BCUT2D eigenvalue weighted by Crippen LogP contribution is -2.14. The molecule has 0 saturated heterocycles. The van der Waals surface area contributed by atoms with E-state index in [0.29, 0.717) is 16.8 Å². The number of carbonyl (C=O) groups is 1. The smallest absolute Gasteiger partial charge is 0.152 e. The van der Waals surface area contributed by atoms with E-state index in [9.17, 15) is 9.18 Å². The lowest BCUT2D eigenvalue weighted by Gasteiger charge is -2.16. The lowest BCUT2D eigenvalue weighted by atomic mass is 9.93. The molecular weight excluding hydrogens is 403 g/mol. The average molecular weight is 439 g/mol. The number of nitrogens with one attached hydrogen (secondary N) is 2. The minimum absolute atomic E-state index is 0.282. The molecule has 0 saturated carbocycles. The van der Waals surface area contributed by atoms with Gasteiger partial charge in [0.1, 0.15) is 11.7 Å². The summed E-state index contributed by atoms with van der Waals surface area (Å²) < 4.78 is 14.0. The van der Waals surface area contributed by atoms with Crippen molar-refractivity contribution in [3.05, 3.63) is 87.7 Å². The molecule has 0 unspecified atom stereocenters. The Morgan fingerprint density at radius 1 is 1.19 bits per heavy atom. The van der Waals surface area contributed by atoms with Crippen LogP contribution in [0, 0.1) is 12.7 Å². The Labute approximate surface area is 191 Å². The van der Waals surface area contributed by atoms with Crippen LogP contribution in [-0.4, -0.2) is 26.2 Å². The largest absolute Gasteiger partial charge is 0.392 e. The molecule has 0 fully saturated rings. The highest BCUT2D eigenvalue weighted by Crippen LogP contribution is 2.28. The number of hydrogen-bond donors (Lipinski definition) is 3. The summed E-state index contributed by atoms with van der Waals surface area (Å²) in [4.78, 5) is 16.6. The van der Waals surface area contributed by atoms with E-state index in [-0.39, 0.29) is 11.7 Å². The number of halogens is 1. The molecule has 172 valence electrons. The third kappa shape index (κ3) is 7.38. The van der Waals surface area contributed by atoms with E-state index in [1.54, 1.807) is 33.2 Å². The predicted molar refractivity (Wildman–Crippen MR) is 134 cm³/mol. The van der Waals surface area contributed by atoms with Gasteiger partial charge in [-0.15, -0.1) is 0 Å². The zero-order valence-corrected chi connectivity index (χ0v) is 20.1. The number of amidine groups is 1. The number of aryl methyl sites for hydroxylation is 1. The molecule has 5 nitrogen and oxygen atoms in total. The molecule has 1 aromatic carbocycles. The van der Waals surface area contributed by atoms with E-state index in [1.807, 2.05) is 45.9 Å². The molecule has 0 spiro atoms. The summed E-state index contributed by atoms with van der Waals surface area (Å²) in [6.45, 7) is 9.44. The molecule has 0 amide bonds. The molecule has 0 aliphatic carbocycles. The van der Waals surface area contributed by atoms with E-state index in [1.165, 1.54) is 12.1 Å². The first-order chi connectivity index (χ1) is 15.2. The summed E-state index contributed by atoms with van der Waals surface area (Å²) in [5, 5.41) is 6.12. The molecule has 0 aromatic heterocycles. The minimum Gasteiger partial charge on any atom is -0.392 e. The highest BCUT2D eigenvalue weighted by atomic mass is 19.1. The van der Waals surface area contributed by atoms with E-state index in [0.717, 1.165) is 40.8 Å². The van der Waals surface area contributed by atoms with Gasteiger partial charge in [0.25, 0.3) is 0 Å². The number of aldehydes is 1. The Kier molecular flexibility index (Phi) is 10.9. The zero-order valence-electron chi connectivity index (χ0n) is 20.1. The normalized spacial score (nSPS) is 14.8. The quantitative estimate of drug-likeness (QED) is 0.159. The van der Waals surface area contributed by atoms with Crippen molar-refractivity contribution in [1.82, 2.24) is 10.6 Å². The van der Waals surface area contributed by atoms with E-state index in [4.69, 9.17) is 5.73 Å². The van der Waals surface area contributed by atoms with Crippen LogP contribution in [0.25, 0.3) is 5.57 Å². The second-order valence-corrected chi connectivity index (χ2v) is 7.27. The maximum absolute atomic E-state index is 14.0. The first-order valence-corrected chi connectivity index (χ1v) is 10.6. The van der Waals surface area contributed by atoms with Gasteiger partial charge in [0.05, 0.1) is 5.70 Å². The van der Waals surface area contributed by atoms with Crippen LogP contribution < -0.4 is 16.4 Å². The van der Waals surface area contributed by atoms with Gasteiger partial charge < -0.3 is 16.4 Å². The van der Waals surface area contributed by atoms with Crippen molar-refractivity contribution in [1.29, 1.82) is 0 Å². The fourth-order valence-electron chi connectivity index (χ4n) is 3.19. The van der Waals surface area contributed by atoms with Gasteiger partial charge in [0, 0.05) is 36.6 Å². The van der Waals surface area contributed by atoms with Crippen molar-refractivity contribution in [2.24, 2.45) is 10.7 Å². The van der Waals surface area contributed by atoms with E-state index < -0.39 is 0 Å². The van der Waals surface area contributed by atoms with Crippen molar-refractivity contribution >= 4 is 17.7 Å². The number of benzene rings is 1. The fraction of sp³-hybridized carbons (Fsp3) is 0.308. The summed E-state index contributed by atoms with van der Waals surface area (Å²) in [6.07, 6.45) is 9.00. The topological polar surface area (TPSA) is 79.5 Å². The zero-order chi connectivity index (χ0) is 24.3. The number of allylic oxidation sites excluding steroid dienone is 7. The number of nitrogens with zero attached hydrogens (tertiary/aromatic N) is 1. The van der Waals surface area contributed by atoms with Crippen molar-refractivity contribution in [2.45, 2.75) is 41.0 Å². The molecule has 6 heteroatoms. The summed E-state index contributed by atoms with van der Waals surface area (Å²) in [5.74, 6) is -0.0290. The van der Waals surface area contributed by atoms with Gasteiger partial charge >= 0.3 is 0 Å². The summed E-state index contributed by atoms with van der Waals surface area (Å²) in [7, 11) is 3.58. The number of carbonyl (C=O) groups excluding carboxylic acids is 1. The third-order valence-corrected chi connectivity index (χ3v) is 4.94. The second kappa shape index (κ2) is 13.1. The molecule has 32 heavy (non-hydrogen) atoms. The summed E-state index contributed by atoms with van der Waals surface area (Å²) in [5.41, 5.74) is 11.7. The Balaban J connectivity index is 3.82. The number of rotatable bonds is 10. The maximum Gasteiger partial charge on any atom is 0.152 e. The minimum atomic E-state index is -0.311. The molecule has 1 rings (SSSR count). The standard InChI is InChI=1S/C26H35FN4O/c1-8-10-20(22-15-21(27)12-11-17(22)3)14-23(25(9-2)30-7)24(16-32)19(5)31-26(28)13-18(4)29-6/h9-16,29-30H,8H2,1-7H3,(H2,28,31)/b18-13-,20-10-,23-14-,24-19+,25-9+. The van der Waals surface area contributed by atoms with Crippen LogP contribution in [0.3, 0.4) is 0 Å². The van der Waals surface area contributed by atoms with Gasteiger partial charge in [0.15, 0.2) is 6.29 Å². The number of likely N-dealkylation sites (N-methyl/N-ethyl adjacent to an activating group) is 1. The van der Waals surface area contributed by atoms with Crippen molar-refractivity contribution < 1.29 is 9.18 Å². The SMILES string of the molecule is C\C=C(NC)/C(=C\C(=C\CC)c1cc(F)ccc1C)C(/C=O)=C(C)/N=C(N)/C=C(/C)NC. The number of aliphatic imine (C=N–C) groups is 1. The van der Waals surface area contributed by atoms with E-state index >= 15 is 0 Å². The van der Waals surface area contributed by atoms with Gasteiger partial charge in [-0.25, -0.2) is 9.38 Å². The molecule has 0 heterocycles. The van der Waals surface area contributed by atoms with Gasteiger partial charge in [-0.05, 0) is 75.1 Å². The van der Waals surface area contributed by atoms with Crippen LogP contribution in [0.2, 0.25) is 0 Å². The molecule has 0 radical (unpaired) electrons. The predicted octanol–water partition coefficient (Wildman–Crippen LogP) is 4.93. The second-order valence-electron chi connectivity index (χ2n) is 7.27. The van der Waals surface area contributed by atoms with Crippen LogP contribution >= 0.6 is 0 Å². The number of nitrogens with two attached hydrogens (primary N) is 1. The molecule has 0 aliphatic rings. The molecule has 0 aliphatic heterocycles. The Hall–Kier alpha value is -3.41. The first kappa shape index (κ1) is 26.6. The highest BCUT2D eigenvalue weighted by molar-refractivity contribution is 5.94. The van der Waals surface area contributed by atoms with Gasteiger partial charge in [-0.3, -0.25) is 4.79 Å². The lowest BCUT2D eigenvalue weighted by molar-refractivity contribution is -0.104. The third-order valence-electron chi connectivity index (χ3n) is 4.94. The Morgan fingerprint density at radius 2 is 1.88 bits per heavy atom. The number of hydrogen-bond acceptors (Lipinski definition) is 4. The Bertz CT molecular complexity index is 1010. The highest BCUT2D eigenvalue weighted by Gasteiger charge is 2.15. The van der Waals surface area contributed by atoms with Crippen LogP contribution in [0.4, 0.5) is 4.39 Å². The van der Waals surface area contributed by atoms with Crippen LogP contribution in [0.15, 0.2) is 75.7 Å². The average Bonchev–Trinajstić information content (AvgIpc) is 2.75. The van der Waals surface area contributed by atoms with E-state index in [2.05, 4.69) is 15.6 Å². The summed E-state index contributed by atoms with van der Waals surface area (Å²) >= 11 is 0. The monoisotopic (exact) mass is 438 g/mol. The van der Waals surface area contributed by atoms with Crippen LogP contribution in [0.5, 0.6) is 0 Å². The molecule has 1 aromatic rings. The van der Waals surface area contributed by atoms with Gasteiger partial charge in [-0.2, -0.15) is 0 Å².